The van der Waals surface area contributed by atoms with Crippen LogP contribution in [0.1, 0.15) is 23.1 Å². The van der Waals surface area contributed by atoms with Crippen molar-refractivity contribution in [2.45, 2.75) is 30.5 Å². The third kappa shape index (κ3) is 6.70. The zero-order valence-electron chi connectivity index (χ0n) is 25.3. The lowest BCUT2D eigenvalue weighted by atomic mass is 9.80. The minimum atomic E-state index is -1.13. The predicted octanol–water partition coefficient (Wildman–Crippen LogP) is 3.39. The second-order valence-corrected chi connectivity index (χ2v) is 10.7. The van der Waals surface area contributed by atoms with E-state index in [2.05, 4.69) is 10.1 Å². The standard InChI is InChI=1S/C34H36N2O9/c1-41-26-14-10-24(11-15-26)34(23-7-5-4-6-8-23,25-12-16-27(42-2)17-13-25)44-21-29-28(37)19-30(45-29)36-20-22(9-18-31(38)43-3)32(39)35-33(36)40/h4-18,22,28-30,37H,19-21H2,1-3H3,(H,35,39,40). The number of aliphatic hydroxyl groups excluding tert-OH is 1. The quantitative estimate of drug-likeness (QED) is 0.189. The normalized spacial score (nSPS) is 21.9. The van der Waals surface area contributed by atoms with Crippen LogP contribution >= 0.6 is 0 Å². The summed E-state index contributed by atoms with van der Waals surface area (Å²) >= 11 is 0. The molecule has 0 saturated carbocycles. The maximum atomic E-state index is 12.8. The van der Waals surface area contributed by atoms with Gasteiger partial charge in [-0.2, -0.15) is 0 Å². The molecule has 236 valence electrons. The Morgan fingerprint density at radius 3 is 2.07 bits per heavy atom. The average Bonchev–Trinajstić information content (AvgIpc) is 3.45. The van der Waals surface area contributed by atoms with Crippen molar-refractivity contribution in [3.63, 3.8) is 0 Å². The van der Waals surface area contributed by atoms with Crippen LogP contribution in [-0.2, 0) is 29.4 Å². The van der Waals surface area contributed by atoms with Gasteiger partial charge >= 0.3 is 12.0 Å². The Labute approximate surface area is 261 Å². The number of nitrogens with one attached hydrogen (secondary N) is 1. The highest BCUT2D eigenvalue weighted by molar-refractivity contribution is 5.99. The number of benzene rings is 3. The number of methoxy groups -OCH3 is 3. The van der Waals surface area contributed by atoms with Crippen molar-refractivity contribution in [2.75, 3.05) is 34.5 Å². The Morgan fingerprint density at radius 2 is 1.51 bits per heavy atom. The fourth-order valence-electron chi connectivity index (χ4n) is 5.65. The molecule has 2 N–H and O–H groups in total. The van der Waals surface area contributed by atoms with Crippen molar-refractivity contribution in [3.8, 4) is 11.5 Å². The van der Waals surface area contributed by atoms with Crippen LogP contribution in [0.25, 0.3) is 0 Å². The van der Waals surface area contributed by atoms with Gasteiger partial charge in [-0.05, 0) is 41.0 Å². The molecule has 2 saturated heterocycles. The SMILES string of the molecule is COC(=O)C=CC1CN(C2CC(O)C(COC(c3ccccc3)(c3ccc(OC)cc3)c3ccc(OC)cc3)O2)C(=O)NC1=O. The first-order chi connectivity index (χ1) is 21.8. The van der Waals surface area contributed by atoms with Crippen LogP contribution in [0, 0.1) is 5.92 Å². The van der Waals surface area contributed by atoms with E-state index in [-0.39, 0.29) is 19.6 Å². The van der Waals surface area contributed by atoms with Crippen molar-refractivity contribution in [2.24, 2.45) is 5.92 Å². The topological polar surface area (TPSA) is 133 Å². The van der Waals surface area contributed by atoms with Gasteiger partial charge in [0, 0.05) is 19.0 Å². The number of imide groups is 1. The first-order valence-corrected chi connectivity index (χ1v) is 14.5. The zero-order chi connectivity index (χ0) is 32.0. The van der Waals surface area contributed by atoms with Gasteiger partial charge in [0.25, 0.3) is 0 Å². The van der Waals surface area contributed by atoms with Gasteiger partial charge < -0.3 is 28.8 Å². The molecule has 11 heteroatoms. The second kappa shape index (κ2) is 13.9. The molecule has 0 aliphatic carbocycles. The van der Waals surface area contributed by atoms with Crippen LogP contribution in [0.5, 0.6) is 11.5 Å². The van der Waals surface area contributed by atoms with Gasteiger partial charge in [0.1, 0.15) is 29.4 Å². The molecule has 2 aliphatic heterocycles. The molecule has 2 aliphatic rings. The molecule has 3 aromatic rings. The summed E-state index contributed by atoms with van der Waals surface area (Å²) in [6.45, 7) is -0.0700. The third-order valence-electron chi connectivity index (χ3n) is 8.08. The predicted molar refractivity (Wildman–Crippen MR) is 162 cm³/mol. The monoisotopic (exact) mass is 616 g/mol. The van der Waals surface area contributed by atoms with Gasteiger partial charge in [0.15, 0.2) is 0 Å². The van der Waals surface area contributed by atoms with Gasteiger partial charge in [-0.25, -0.2) is 9.59 Å². The number of carbonyl (C=O) groups is 3. The highest BCUT2D eigenvalue weighted by Crippen LogP contribution is 2.42. The van der Waals surface area contributed by atoms with Crippen molar-refractivity contribution < 1.29 is 43.2 Å². The van der Waals surface area contributed by atoms with Crippen molar-refractivity contribution in [1.82, 2.24) is 10.2 Å². The number of hydrogen-bond donors (Lipinski definition) is 2. The van der Waals surface area contributed by atoms with E-state index in [1.54, 1.807) is 14.2 Å². The molecule has 45 heavy (non-hydrogen) atoms. The van der Waals surface area contributed by atoms with E-state index < -0.39 is 47.9 Å². The highest BCUT2D eigenvalue weighted by atomic mass is 16.6. The maximum absolute atomic E-state index is 12.8. The molecule has 0 radical (unpaired) electrons. The number of nitrogens with zero attached hydrogens (tertiary/aromatic N) is 1. The van der Waals surface area contributed by atoms with E-state index in [1.807, 2.05) is 78.9 Å². The maximum Gasteiger partial charge on any atom is 0.330 e. The lowest BCUT2D eigenvalue weighted by Gasteiger charge is -2.37. The summed E-state index contributed by atoms with van der Waals surface area (Å²) in [7, 11) is 4.44. The van der Waals surface area contributed by atoms with Crippen molar-refractivity contribution in [3.05, 3.63) is 108 Å². The van der Waals surface area contributed by atoms with E-state index in [0.29, 0.717) is 11.5 Å². The van der Waals surface area contributed by atoms with E-state index in [0.717, 1.165) is 22.8 Å². The first-order valence-electron chi connectivity index (χ1n) is 14.5. The van der Waals surface area contributed by atoms with Crippen LogP contribution < -0.4 is 14.8 Å². The number of carbonyl (C=O) groups excluding carboxylic acids is 3. The molecule has 3 aromatic carbocycles. The molecule has 11 nitrogen and oxygen atoms in total. The Kier molecular flexibility index (Phi) is 9.82. The summed E-state index contributed by atoms with van der Waals surface area (Å²) in [5.41, 5.74) is 1.36. The summed E-state index contributed by atoms with van der Waals surface area (Å²) in [6.07, 6.45) is 0.0233. The molecular weight excluding hydrogens is 580 g/mol. The van der Waals surface area contributed by atoms with Crippen LogP contribution in [0.15, 0.2) is 91.0 Å². The van der Waals surface area contributed by atoms with Crippen LogP contribution in [0.3, 0.4) is 0 Å². The van der Waals surface area contributed by atoms with Gasteiger partial charge in [-0.1, -0.05) is 60.7 Å². The second-order valence-electron chi connectivity index (χ2n) is 10.7. The van der Waals surface area contributed by atoms with Gasteiger partial charge in [0.2, 0.25) is 5.91 Å². The Hall–Kier alpha value is -4.71. The minimum Gasteiger partial charge on any atom is -0.497 e. The Bertz CT molecular complexity index is 1460. The highest BCUT2D eigenvalue weighted by Gasteiger charge is 2.45. The number of amides is 3. The number of esters is 1. The number of urea groups is 1. The van der Waals surface area contributed by atoms with E-state index in [1.165, 1.54) is 18.1 Å². The zero-order valence-corrected chi connectivity index (χ0v) is 25.3. The molecule has 2 fully saturated rings. The van der Waals surface area contributed by atoms with Crippen molar-refractivity contribution >= 4 is 17.9 Å². The van der Waals surface area contributed by atoms with Gasteiger partial charge in [0.05, 0.1) is 40.0 Å². The summed E-state index contributed by atoms with van der Waals surface area (Å²) < 4.78 is 28.5. The smallest absolute Gasteiger partial charge is 0.330 e. The molecule has 5 rings (SSSR count). The summed E-state index contributed by atoms with van der Waals surface area (Å²) in [5, 5.41) is 13.4. The van der Waals surface area contributed by atoms with E-state index >= 15 is 0 Å². The van der Waals surface area contributed by atoms with Gasteiger partial charge in [-0.3, -0.25) is 15.0 Å². The fourth-order valence-corrected chi connectivity index (χ4v) is 5.65. The average molecular weight is 617 g/mol. The lowest BCUT2D eigenvalue weighted by molar-refractivity contribution is -0.134. The summed E-state index contributed by atoms with van der Waals surface area (Å²) in [6, 6.07) is 24.3. The minimum absolute atomic E-state index is 0.0330. The fraction of sp³-hybridized carbons (Fsp3) is 0.324. The number of aliphatic hydroxyl groups is 1. The van der Waals surface area contributed by atoms with Crippen molar-refractivity contribution in [1.29, 1.82) is 0 Å². The molecule has 4 unspecified atom stereocenters. The number of rotatable bonds is 11. The number of ether oxygens (including phenoxy) is 5. The van der Waals surface area contributed by atoms with Gasteiger partial charge in [-0.15, -0.1) is 0 Å². The molecule has 2 heterocycles. The summed E-state index contributed by atoms with van der Waals surface area (Å²) in [5.74, 6) is -0.585. The van der Waals surface area contributed by atoms with E-state index in [9.17, 15) is 19.5 Å². The largest absolute Gasteiger partial charge is 0.497 e. The summed E-state index contributed by atoms with van der Waals surface area (Å²) in [4.78, 5) is 38.1. The molecule has 0 aromatic heterocycles. The Morgan fingerprint density at radius 1 is 0.933 bits per heavy atom. The molecule has 3 amide bonds. The molecule has 0 bridgehead atoms. The van der Waals surface area contributed by atoms with E-state index in [4.69, 9.17) is 18.9 Å². The van der Waals surface area contributed by atoms with Crippen LogP contribution in [-0.4, -0.2) is 80.8 Å². The van der Waals surface area contributed by atoms with Crippen LogP contribution in [0.4, 0.5) is 4.79 Å². The number of hydrogen-bond acceptors (Lipinski definition) is 9. The first kappa shape index (κ1) is 31.7. The molecule has 0 spiro atoms. The Balaban J connectivity index is 1.43. The molecule has 4 atom stereocenters. The third-order valence-corrected chi connectivity index (χ3v) is 8.08. The molecular formula is C34H36N2O9. The lowest BCUT2D eigenvalue weighted by Crippen LogP contribution is -2.57. The van der Waals surface area contributed by atoms with Crippen LogP contribution in [0.2, 0.25) is 0 Å².